The summed E-state index contributed by atoms with van der Waals surface area (Å²) in [6.45, 7) is 3.59. The molecular formula is C28H25BrClFN4O4. The number of ether oxygens (including phenoxy) is 2. The minimum absolute atomic E-state index is 0.0531. The first kappa shape index (κ1) is 28.3. The second kappa shape index (κ2) is 12.4. The zero-order valence-electron chi connectivity index (χ0n) is 21.4. The topological polar surface area (TPSA) is 94.8 Å². The zero-order valence-corrected chi connectivity index (χ0v) is 23.7. The molecule has 0 aliphatic heterocycles. The highest BCUT2D eigenvalue weighted by Crippen LogP contribution is 2.34. The van der Waals surface area contributed by atoms with Crippen LogP contribution in [0.1, 0.15) is 37.6 Å². The van der Waals surface area contributed by atoms with Gasteiger partial charge in [0.1, 0.15) is 11.6 Å². The maximum Gasteiger partial charge on any atom is 0.282 e. The largest absolute Gasteiger partial charge is 0.493 e. The third-order valence-electron chi connectivity index (χ3n) is 5.94. The van der Waals surface area contributed by atoms with Crippen LogP contribution in [-0.2, 0) is 4.79 Å². The molecule has 0 radical (unpaired) electrons. The maximum atomic E-state index is 13.5. The minimum atomic E-state index is -0.471. The number of aromatic nitrogens is 2. The van der Waals surface area contributed by atoms with Crippen LogP contribution < -0.4 is 20.3 Å². The summed E-state index contributed by atoms with van der Waals surface area (Å²) < 4.78 is 26.4. The third kappa shape index (κ3) is 6.63. The number of amides is 1. The summed E-state index contributed by atoms with van der Waals surface area (Å²) in [5, 5.41) is 7.86. The molecule has 3 aromatic carbocycles. The number of rotatable bonds is 9. The van der Waals surface area contributed by atoms with Gasteiger partial charge >= 0.3 is 0 Å². The summed E-state index contributed by atoms with van der Waals surface area (Å²) in [6.07, 6.45) is 2.16. The fourth-order valence-electron chi connectivity index (χ4n) is 3.76. The van der Waals surface area contributed by atoms with Crippen LogP contribution in [0.15, 0.2) is 69.0 Å². The molecule has 1 atom stereocenters. The van der Waals surface area contributed by atoms with Gasteiger partial charge < -0.3 is 14.8 Å². The first-order valence-electron chi connectivity index (χ1n) is 12.0. The number of anilines is 1. The molecule has 1 heterocycles. The Kier molecular flexibility index (Phi) is 8.98. The van der Waals surface area contributed by atoms with E-state index in [9.17, 15) is 14.0 Å². The number of nitrogens with zero attached hydrogens (tertiary/aromatic N) is 3. The van der Waals surface area contributed by atoms with Crippen LogP contribution in [0.25, 0.3) is 10.9 Å². The quantitative estimate of drug-likeness (QED) is 0.221. The molecule has 0 fully saturated rings. The lowest BCUT2D eigenvalue weighted by molar-refractivity contribution is -0.118. The van der Waals surface area contributed by atoms with E-state index in [0.717, 1.165) is 10.9 Å². The lowest BCUT2D eigenvalue weighted by atomic mass is 10.1. The average Bonchev–Trinajstić information content (AvgIpc) is 2.92. The number of benzene rings is 3. The predicted molar refractivity (Wildman–Crippen MR) is 154 cm³/mol. The van der Waals surface area contributed by atoms with Crippen molar-refractivity contribution in [3.8, 4) is 11.5 Å². The Bertz CT molecular complexity index is 1610. The number of carbonyl (C=O) groups is 1. The monoisotopic (exact) mass is 614 g/mol. The number of hydrogen-bond donors (Lipinski definition) is 1. The smallest absolute Gasteiger partial charge is 0.282 e. The van der Waals surface area contributed by atoms with Crippen molar-refractivity contribution in [1.29, 1.82) is 0 Å². The number of nitrogens with one attached hydrogen (secondary N) is 1. The summed E-state index contributed by atoms with van der Waals surface area (Å²) in [4.78, 5) is 30.7. The van der Waals surface area contributed by atoms with Gasteiger partial charge in [0, 0.05) is 32.7 Å². The average molecular weight is 616 g/mol. The Morgan fingerprint density at radius 3 is 2.67 bits per heavy atom. The van der Waals surface area contributed by atoms with Gasteiger partial charge in [0.25, 0.3) is 11.5 Å². The Morgan fingerprint density at radius 2 is 1.97 bits per heavy atom. The molecule has 202 valence electrons. The number of methoxy groups -OCH3 is 1. The van der Waals surface area contributed by atoms with Crippen molar-refractivity contribution in [2.24, 2.45) is 5.10 Å². The van der Waals surface area contributed by atoms with E-state index in [1.165, 1.54) is 48.3 Å². The highest BCUT2D eigenvalue weighted by atomic mass is 79.9. The van der Waals surface area contributed by atoms with Gasteiger partial charge in [0.15, 0.2) is 18.1 Å². The van der Waals surface area contributed by atoms with Gasteiger partial charge in [-0.25, -0.2) is 9.37 Å². The molecule has 0 aliphatic rings. The standard InChI is InChI=1S/C28H25BrClFN4O4/c1-4-16(2)27-34-23-10-5-18(29)12-22(23)28(37)35(27)32-14-17-11-19(30)13-24(38-3)26(17)39-15-25(36)33-21-8-6-20(31)7-9-21/h5-14,16H,4,15H2,1-3H3,(H,33,36)/t16-/m1/s1. The minimum Gasteiger partial charge on any atom is -0.493 e. The third-order valence-corrected chi connectivity index (χ3v) is 6.65. The molecule has 0 saturated carbocycles. The summed E-state index contributed by atoms with van der Waals surface area (Å²) in [6, 6.07) is 13.8. The molecule has 1 aromatic heterocycles. The van der Waals surface area contributed by atoms with Crippen LogP contribution in [0.2, 0.25) is 5.02 Å². The van der Waals surface area contributed by atoms with Crippen LogP contribution >= 0.6 is 27.5 Å². The van der Waals surface area contributed by atoms with Crippen LogP contribution in [0.4, 0.5) is 10.1 Å². The maximum absolute atomic E-state index is 13.5. The summed E-state index contributed by atoms with van der Waals surface area (Å²) >= 11 is 9.71. The van der Waals surface area contributed by atoms with Crippen molar-refractivity contribution in [2.75, 3.05) is 19.0 Å². The van der Waals surface area contributed by atoms with Crippen molar-refractivity contribution < 1.29 is 18.7 Å². The van der Waals surface area contributed by atoms with Gasteiger partial charge in [0.05, 0.1) is 24.2 Å². The van der Waals surface area contributed by atoms with Crippen molar-refractivity contribution in [1.82, 2.24) is 9.66 Å². The molecular weight excluding hydrogens is 591 g/mol. The number of halogens is 3. The Hall–Kier alpha value is -3.76. The Morgan fingerprint density at radius 1 is 1.23 bits per heavy atom. The van der Waals surface area contributed by atoms with E-state index in [2.05, 4.69) is 26.3 Å². The lowest BCUT2D eigenvalue weighted by Crippen LogP contribution is -2.24. The molecule has 4 aromatic rings. The van der Waals surface area contributed by atoms with Gasteiger partial charge in [-0.3, -0.25) is 9.59 Å². The second-order valence-electron chi connectivity index (χ2n) is 8.67. The number of carbonyl (C=O) groups excluding carboxylic acids is 1. The molecule has 39 heavy (non-hydrogen) atoms. The highest BCUT2D eigenvalue weighted by molar-refractivity contribution is 9.10. The van der Waals surface area contributed by atoms with E-state index < -0.39 is 11.7 Å². The van der Waals surface area contributed by atoms with E-state index in [1.807, 2.05) is 19.9 Å². The summed E-state index contributed by atoms with van der Waals surface area (Å²) in [5.74, 6) is 0.0412. The molecule has 0 unspecified atom stereocenters. The molecule has 1 N–H and O–H groups in total. The van der Waals surface area contributed by atoms with Crippen molar-refractivity contribution >= 4 is 56.2 Å². The van der Waals surface area contributed by atoms with E-state index in [-0.39, 0.29) is 29.6 Å². The highest BCUT2D eigenvalue weighted by Gasteiger charge is 2.17. The molecule has 0 saturated heterocycles. The fourth-order valence-corrected chi connectivity index (χ4v) is 4.34. The zero-order chi connectivity index (χ0) is 28.1. The van der Waals surface area contributed by atoms with E-state index in [4.69, 9.17) is 26.1 Å². The molecule has 11 heteroatoms. The van der Waals surface area contributed by atoms with Crippen LogP contribution in [0, 0.1) is 5.82 Å². The first-order valence-corrected chi connectivity index (χ1v) is 13.2. The molecule has 0 spiro atoms. The molecule has 1 amide bonds. The molecule has 8 nitrogen and oxygen atoms in total. The van der Waals surface area contributed by atoms with Gasteiger partial charge in [-0.1, -0.05) is 41.4 Å². The SMILES string of the molecule is CC[C@@H](C)c1nc2ccc(Br)cc2c(=O)n1N=Cc1cc(Cl)cc(OC)c1OCC(=O)Nc1ccc(F)cc1. The normalized spacial score (nSPS) is 12.1. The Labute approximate surface area is 237 Å². The lowest BCUT2D eigenvalue weighted by Gasteiger charge is -2.15. The summed E-state index contributed by atoms with van der Waals surface area (Å²) in [5.41, 5.74) is 1.04. The summed E-state index contributed by atoms with van der Waals surface area (Å²) in [7, 11) is 1.44. The van der Waals surface area contributed by atoms with Crippen molar-refractivity contribution in [3.05, 3.63) is 91.7 Å². The van der Waals surface area contributed by atoms with Crippen LogP contribution in [0.3, 0.4) is 0 Å². The van der Waals surface area contributed by atoms with Crippen LogP contribution in [0.5, 0.6) is 11.5 Å². The number of hydrogen-bond acceptors (Lipinski definition) is 6. The van der Waals surface area contributed by atoms with Gasteiger partial charge in [-0.05, 0) is 55.0 Å². The molecule has 4 rings (SSSR count). The van der Waals surface area contributed by atoms with Crippen molar-refractivity contribution in [3.63, 3.8) is 0 Å². The van der Waals surface area contributed by atoms with Crippen molar-refractivity contribution in [2.45, 2.75) is 26.2 Å². The van der Waals surface area contributed by atoms with Crippen LogP contribution in [-0.4, -0.2) is 35.5 Å². The van der Waals surface area contributed by atoms with E-state index >= 15 is 0 Å². The fraction of sp³-hybridized carbons (Fsp3) is 0.214. The Balaban J connectivity index is 1.70. The second-order valence-corrected chi connectivity index (χ2v) is 10.0. The number of fused-ring (bicyclic) bond motifs is 1. The predicted octanol–water partition coefficient (Wildman–Crippen LogP) is 6.37. The van der Waals surface area contributed by atoms with Gasteiger partial charge in [-0.15, -0.1) is 0 Å². The van der Waals surface area contributed by atoms with Gasteiger partial charge in [-0.2, -0.15) is 9.78 Å². The van der Waals surface area contributed by atoms with Gasteiger partial charge in [0.2, 0.25) is 0 Å². The molecule has 0 bridgehead atoms. The first-order chi connectivity index (χ1) is 18.7. The van der Waals surface area contributed by atoms with E-state index in [0.29, 0.717) is 33.0 Å². The molecule has 0 aliphatic carbocycles. The van der Waals surface area contributed by atoms with E-state index in [1.54, 1.807) is 18.2 Å².